The summed E-state index contributed by atoms with van der Waals surface area (Å²) in [5, 5.41) is 3.64. The average molecular weight is 319 g/mol. The van der Waals surface area contributed by atoms with Crippen molar-refractivity contribution in [1.29, 1.82) is 0 Å². The van der Waals surface area contributed by atoms with Crippen LogP contribution in [0.15, 0.2) is 24.4 Å². The molecule has 0 radical (unpaired) electrons. The Labute approximate surface area is 139 Å². The number of hydrogen-bond acceptors (Lipinski definition) is 4. The Kier molecular flexibility index (Phi) is 5.99. The van der Waals surface area contributed by atoms with E-state index in [-0.39, 0.29) is 12.1 Å². The molecule has 0 aromatic carbocycles. The highest BCUT2D eigenvalue weighted by Gasteiger charge is 2.25. The second-order valence-corrected chi connectivity index (χ2v) is 7.24. The molecular formula is C18H29N3O2. The number of likely N-dealkylation sites (tertiary alicyclic amines) is 1. The van der Waals surface area contributed by atoms with Gasteiger partial charge in [0, 0.05) is 31.4 Å². The number of pyridine rings is 1. The molecule has 5 heteroatoms. The summed E-state index contributed by atoms with van der Waals surface area (Å²) in [5.41, 5.74) is 0.620. The predicted octanol–water partition coefficient (Wildman–Crippen LogP) is 3.52. The lowest BCUT2D eigenvalue weighted by atomic mass is 10.1. The summed E-state index contributed by atoms with van der Waals surface area (Å²) in [5.74, 6) is 0. The van der Waals surface area contributed by atoms with Crippen molar-refractivity contribution >= 4 is 6.09 Å². The van der Waals surface area contributed by atoms with Crippen LogP contribution in [0.5, 0.6) is 0 Å². The molecule has 1 unspecified atom stereocenters. The number of aromatic nitrogens is 1. The minimum atomic E-state index is -0.436. The summed E-state index contributed by atoms with van der Waals surface area (Å²) in [7, 11) is 0. The summed E-state index contributed by atoms with van der Waals surface area (Å²) in [4.78, 5) is 18.4. The number of hydrogen-bond donors (Lipinski definition) is 1. The van der Waals surface area contributed by atoms with Gasteiger partial charge in [-0.25, -0.2) is 4.79 Å². The second kappa shape index (κ2) is 7.77. The fraction of sp³-hybridized carbons (Fsp3) is 0.667. The van der Waals surface area contributed by atoms with Gasteiger partial charge in [-0.2, -0.15) is 0 Å². The molecule has 23 heavy (non-hydrogen) atoms. The highest BCUT2D eigenvalue weighted by molar-refractivity contribution is 5.68. The predicted molar refractivity (Wildman–Crippen MR) is 91.2 cm³/mol. The fourth-order valence-electron chi connectivity index (χ4n) is 2.84. The zero-order chi connectivity index (χ0) is 16.9. The first-order valence-electron chi connectivity index (χ1n) is 8.50. The minimum Gasteiger partial charge on any atom is -0.444 e. The van der Waals surface area contributed by atoms with Crippen molar-refractivity contribution in [3.63, 3.8) is 0 Å². The Balaban J connectivity index is 1.85. The van der Waals surface area contributed by atoms with Crippen LogP contribution < -0.4 is 5.32 Å². The van der Waals surface area contributed by atoms with Crippen molar-refractivity contribution in [2.75, 3.05) is 13.1 Å². The molecule has 0 bridgehead atoms. The van der Waals surface area contributed by atoms with Crippen LogP contribution in [0.1, 0.15) is 58.7 Å². The standard InChI is InChI=1S/C18H29N3O2/c1-14(16-9-5-6-11-19-16)20-15-8-7-12-21(13-10-15)17(22)23-18(2,3)4/h5-6,9,11,14-15,20H,7-8,10,12-13H2,1-4H3/t14-,15?/m1/s1. The maximum atomic E-state index is 12.2. The quantitative estimate of drug-likeness (QED) is 0.926. The number of rotatable bonds is 3. The van der Waals surface area contributed by atoms with Crippen molar-refractivity contribution in [2.24, 2.45) is 0 Å². The van der Waals surface area contributed by atoms with Crippen molar-refractivity contribution in [3.8, 4) is 0 Å². The van der Waals surface area contributed by atoms with E-state index in [2.05, 4.69) is 17.2 Å². The van der Waals surface area contributed by atoms with Gasteiger partial charge in [-0.15, -0.1) is 0 Å². The van der Waals surface area contributed by atoms with Gasteiger partial charge in [-0.3, -0.25) is 4.98 Å². The van der Waals surface area contributed by atoms with Gasteiger partial charge in [0.25, 0.3) is 0 Å². The molecule has 1 fully saturated rings. The first-order valence-corrected chi connectivity index (χ1v) is 8.50. The monoisotopic (exact) mass is 319 g/mol. The van der Waals surface area contributed by atoms with Crippen LogP contribution in [0.4, 0.5) is 4.79 Å². The van der Waals surface area contributed by atoms with Gasteiger partial charge in [-0.1, -0.05) is 6.07 Å². The van der Waals surface area contributed by atoms with Gasteiger partial charge in [0.1, 0.15) is 5.60 Å². The van der Waals surface area contributed by atoms with E-state index in [1.165, 1.54) is 0 Å². The minimum absolute atomic E-state index is 0.198. The lowest BCUT2D eigenvalue weighted by Gasteiger charge is -2.26. The molecule has 2 rings (SSSR count). The summed E-state index contributed by atoms with van der Waals surface area (Å²) < 4.78 is 5.47. The van der Waals surface area contributed by atoms with Gasteiger partial charge < -0.3 is 15.0 Å². The van der Waals surface area contributed by atoms with Gasteiger partial charge in [0.15, 0.2) is 0 Å². The van der Waals surface area contributed by atoms with E-state index in [1.807, 2.05) is 50.1 Å². The molecule has 0 spiro atoms. The smallest absolute Gasteiger partial charge is 0.410 e. The topological polar surface area (TPSA) is 54.5 Å². The van der Waals surface area contributed by atoms with E-state index < -0.39 is 5.60 Å². The summed E-state index contributed by atoms with van der Waals surface area (Å²) in [6.07, 6.45) is 4.62. The molecule has 1 aromatic rings. The SMILES string of the molecule is C[C@@H](NC1CCCN(C(=O)OC(C)(C)C)CC1)c1ccccn1. The summed E-state index contributed by atoms with van der Waals surface area (Å²) in [6.45, 7) is 9.36. The molecule has 0 saturated carbocycles. The molecule has 1 aromatic heterocycles. The second-order valence-electron chi connectivity index (χ2n) is 7.24. The van der Waals surface area contributed by atoms with Crippen LogP contribution in [0.3, 0.4) is 0 Å². The van der Waals surface area contributed by atoms with Gasteiger partial charge in [0.2, 0.25) is 0 Å². The molecule has 1 aliphatic heterocycles. The van der Waals surface area contributed by atoms with E-state index in [1.54, 1.807) is 0 Å². The molecule has 1 N–H and O–H groups in total. The maximum Gasteiger partial charge on any atom is 0.410 e. The molecular weight excluding hydrogens is 290 g/mol. The normalized spacial score (nSPS) is 20.7. The van der Waals surface area contributed by atoms with Crippen molar-refractivity contribution in [3.05, 3.63) is 30.1 Å². The van der Waals surface area contributed by atoms with Gasteiger partial charge in [0.05, 0.1) is 5.69 Å². The maximum absolute atomic E-state index is 12.2. The molecule has 1 saturated heterocycles. The fourth-order valence-corrected chi connectivity index (χ4v) is 2.84. The number of carbonyl (C=O) groups excluding carboxylic acids is 1. The number of ether oxygens (including phenoxy) is 1. The van der Waals surface area contributed by atoms with Crippen LogP contribution in [0.25, 0.3) is 0 Å². The van der Waals surface area contributed by atoms with Crippen LogP contribution in [-0.4, -0.2) is 40.7 Å². The molecule has 1 aliphatic rings. The van der Waals surface area contributed by atoms with Gasteiger partial charge >= 0.3 is 6.09 Å². The molecule has 5 nitrogen and oxygen atoms in total. The third-order valence-electron chi connectivity index (χ3n) is 4.00. The molecule has 1 amide bonds. The lowest BCUT2D eigenvalue weighted by Crippen LogP contribution is -2.38. The molecule has 2 heterocycles. The van der Waals surface area contributed by atoms with Crippen LogP contribution in [0.2, 0.25) is 0 Å². The van der Waals surface area contributed by atoms with E-state index in [9.17, 15) is 4.79 Å². The molecule has 2 atom stereocenters. The van der Waals surface area contributed by atoms with Crippen molar-refractivity contribution < 1.29 is 9.53 Å². The Hall–Kier alpha value is -1.62. The Bertz CT molecular complexity index is 499. The summed E-state index contributed by atoms with van der Waals surface area (Å²) in [6, 6.07) is 6.61. The molecule has 0 aliphatic carbocycles. The van der Waals surface area contributed by atoms with Crippen LogP contribution in [-0.2, 0) is 4.74 Å². The number of amides is 1. The number of nitrogens with one attached hydrogen (secondary N) is 1. The van der Waals surface area contributed by atoms with Crippen molar-refractivity contribution in [1.82, 2.24) is 15.2 Å². The Morgan fingerprint density at radius 1 is 1.35 bits per heavy atom. The van der Waals surface area contributed by atoms with Crippen LogP contribution in [0, 0.1) is 0 Å². The van der Waals surface area contributed by atoms with Crippen molar-refractivity contribution in [2.45, 2.75) is 64.6 Å². The highest BCUT2D eigenvalue weighted by Crippen LogP contribution is 2.18. The van der Waals surface area contributed by atoms with Crippen LogP contribution >= 0.6 is 0 Å². The third-order valence-corrected chi connectivity index (χ3v) is 4.00. The summed E-state index contributed by atoms with van der Waals surface area (Å²) >= 11 is 0. The number of nitrogens with zero attached hydrogens (tertiary/aromatic N) is 2. The zero-order valence-corrected chi connectivity index (χ0v) is 14.7. The molecule has 128 valence electrons. The van der Waals surface area contributed by atoms with E-state index >= 15 is 0 Å². The van der Waals surface area contributed by atoms with Gasteiger partial charge in [-0.05, 0) is 59.1 Å². The van der Waals surface area contributed by atoms with E-state index in [0.717, 1.165) is 38.0 Å². The largest absolute Gasteiger partial charge is 0.444 e. The lowest BCUT2D eigenvalue weighted by molar-refractivity contribution is 0.0256. The Morgan fingerprint density at radius 2 is 2.13 bits per heavy atom. The Morgan fingerprint density at radius 3 is 2.78 bits per heavy atom. The average Bonchev–Trinajstić information content (AvgIpc) is 2.72. The van der Waals surface area contributed by atoms with E-state index in [4.69, 9.17) is 4.74 Å². The zero-order valence-electron chi connectivity index (χ0n) is 14.7. The third kappa shape index (κ3) is 5.82. The first kappa shape index (κ1) is 17.7. The first-order chi connectivity index (χ1) is 10.8. The highest BCUT2D eigenvalue weighted by atomic mass is 16.6. The number of carbonyl (C=O) groups is 1. The van der Waals surface area contributed by atoms with E-state index in [0.29, 0.717) is 6.04 Å².